The van der Waals surface area contributed by atoms with Crippen molar-refractivity contribution in [3.63, 3.8) is 0 Å². The molecular weight excluding hydrogens is 547 g/mol. The topological polar surface area (TPSA) is 69.9 Å². The molecule has 0 saturated carbocycles. The minimum atomic E-state index is -0.675. The van der Waals surface area contributed by atoms with Crippen molar-refractivity contribution in [3.8, 4) is 0 Å². The van der Waals surface area contributed by atoms with Crippen LogP contribution in [0.2, 0.25) is 0 Å². The highest BCUT2D eigenvalue weighted by molar-refractivity contribution is 9.10. The lowest BCUT2D eigenvalue weighted by molar-refractivity contribution is 0.0772. The predicted molar refractivity (Wildman–Crippen MR) is 153 cm³/mol. The lowest BCUT2D eigenvalue weighted by atomic mass is 9.98. The van der Waals surface area contributed by atoms with Crippen molar-refractivity contribution in [2.24, 2.45) is 5.73 Å². The van der Waals surface area contributed by atoms with E-state index >= 15 is 4.39 Å². The van der Waals surface area contributed by atoms with Gasteiger partial charge in [-0.1, -0.05) is 34.1 Å². The Hall–Kier alpha value is -3.23. The number of primary amides is 1. The monoisotopic (exact) mass is 580 g/mol. The van der Waals surface area contributed by atoms with Crippen molar-refractivity contribution in [3.05, 3.63) is 93.7 Å². The summed E-state index contributed by atoms with van der Waals surface area (Å²) >= 11 is 3.48. The van der Waals surface area contributed by atoms with Crippen molar-refractivity contribution in [1.29, 1.82) is 0 Å². The first kappa shape index (κ1) is 27.8. The van der Waals surface area contributed by atoms with Gasteiger partial charge in [0.05, 0.1) is 11.3 Å². The smallest absolute Gasteiger partial charge is 0.253 e. The van der Waals surface area contributed by atoms with Gasteiger partial charge in [0, 0.05) is 54.5 Å². The number of carbonyl (C=O) groups excluding carboxylic acids is 2. The van der Waals surface area contributed by atoms with Gasteiger partial charge >= 0.3 is 0 Å². The zero-order valence-electron chi connectivity index (χ0n) is 21.9. The lowest BCUT2D eigenvalue weighted by Gasteiger charge is -2.40. The molecule has 1 aliphatic heterocycles. The van der Waals surface area contributed by atoms with Crippen molar-refractivity contribution in [1.82, 2.24) is 9.80 Å². The van der Waals surface area contributed by atoms with Crippen molar-refractivity contribution < 1.29 is 14.0 Å². The molecule has 3 aromatic rings. The summed E-state index contributed by atoms with van der Waals surface area (Å²) in [5.74, 6) is -1.22. The van der Waals surface area contributed by atoms with E-state index in [4.69, 9.17) is 5.73 Å². The minimum Gasteiger partial charge on any atom is -0.366 e. The van der Waals surface area contributed by atoms with Crippen LogP contribution in [-0.4, -0.2) is 53.8 Å². The van der Waals surface area contributed by atoms with Crippen LogP contribution >= 0.6 is 15.9 Å². The molecule has 1 saturated heterocycles. The van der Waals surface area contributed by atoms with Gasteiger partial charge in [-0.25, -0.2) is 4.39 Å². The zero-order valence-corrected chi connectivity index (χ0v) is 23.5. The van der Waals surface area contributed by atoms with Crippen molar-refractivity contribution >= 4 is 39.1 Å². The number of nitrogens with zero attached hydrogens (tertiary/aromatic N) is 3. The number of carbonyl (C=O) groups is 2. The van der Waals surface area contributed by atoms with Gasteiger partial charge in [0.25, 0.3) is 11.8 Å². The number of hydrogen-bond acceptors (Lipinski definition) is 4. The maximum Gasteiger partial charge on any atom is 0.253 e. The normalized spacial score (nSPS) is 14.3. The van der Waals surface area contributed by atoms with Gasteiger partial charge < -0.3 is 15.5 Å². The molecule has 0 unspecified atom stereocenters. The Morgan fingerprint density at radius 3 is 2.18 bits per heavy atom. The van der Waals surface area contributed by atoms with Crippen LogP contribution in [-0.2, 0) is 6.54 Å². The average molecular weight is 582 g/mol. The van der Waals surface area contributed by atoms with E-state index in [1.807, 2.05) is 43.0 Å². The van der Waals surface area contributed by atoms with E-state index in [1.165, 1.54) is 17.7 Å². The average Bonchev–Trinajstić information content (AvgIpc) is 2.93. The molecule has 0 bridgehead atoms. The number of likely N-dealkylation sites (tertiary alicyclic amines) is 1. The van der Waals surface area contributed by atoms with Crippen LogP contribution in [0.25, 0.3) is 0 Å². The molecule has 1 heterocycles. The van der Waals surface area contributed by atoms with Gasteiger partial charge in [0.2, 0.25) is 0 Å². The summed E-state index contributed by atoms with van der Waals surface area (Å²) in [5.41, 5.74) is 8.55. The summed E-state index contributed by atoms with van der Waals surface area (Å²) in [4.78, 5) is 31.2. The number of benzene rings is 3. The second-order valence-corrected chi connectivity index (χ2v) is 10.4. The van der Waals surface area contributed by atoms with Crippen LogP contribution < -0.4 is 10.6 Å². The van der Waals surface area contributed by atoms with Crippen LogP contribution in [0, 0.1) is 5.82 Å². The Bertz CT molecular complexity index is 1250. The van der Waals surface area contributed by atoms with Gasteiger partial charge in [0.1, 0.15) is 5.82 Å². The fourth-order valence-electron chi connectivity index (χ4n) is 5.12. The Labute approximate surface area is 232 Å². The zero-order chi connectivity index (χ0) is 27.2. The SMILES string of the molecule is CCN(CC)C(=O)c1ccc(N(c2c(F)cccc2C(N)=O)C2CCN(Cc3ccc(Br)cc3)CC2)cc1. The van der Waals surface area contributed by atoms with Crippen LogP contribution in [0.5, 0.6) is 0 Å². The van der Waals surface area contributed by atoms with Gasteiger partial charge in [-0.15, -0.1) is 0 Å². The van der Waals surface area contributed by atoms with Crippen LogP contribution in [0.1, 0.15) is 53.0 Å². The van der Waals surface area contributed by atoms with E-state index in [-0.39, 0.29) is 23.2 Å². The number of anilines is 2. The molecule has 200 valence electrons. The van der Waals surface area contributed by atoms with E-state index in [9.17, 15) is 9.59 Å². The van der Waals surface area contributed by atoms with E-state index in [2.05, 4.69) is 33.0 Å². The third-order valence-corrected chi connectivity index (χ3v) is 7.71. The molecule has 3 aromatic carbocycles. The fraction of sp³-hybridized carbons (Fsp3) is 0.333. The van der Waals surface area contributed by atoms with E-state index in [0.717, 1.165) is 42.6 Å². The van der Waals surface area contributed by atoms with Crippen molar-refractivity contribution in [2.45, 2.75) is 39.3 Å². The molecule has 0 spiro atoms. The summed E-state index contributed by atoms with van der Waals surface area (Å²) in [6, 6.07) is 19.9. The second kappa shape index (κ2) is 12.5. The molecule has 0 aliphatic carbocycles. The molecule has 2 N–H and O–H groups in total. The molecule has 1 aliphatic rings. The molecule has 8 heteroatoms. The van der Waals surface area contributed by atoms with E-state index in [0.29, 0.717) is 18.7 Å². The first-order valence-electron chi connectivity index (χ1n) is 13.1. The Balaban J connectivity index is 1.63. The summed E-state index contributed by atoms with van der Waals surface area (Å²) in [6.45, 7) is 7.65. The highest BCUT2D eigenvalue weighted by Crippen LogP contribution is 2.36. The van der Waals surface area contributed by atoms with E-state index in [1.54, 1.807) is 23.1 Å². The highest BCUT2D eigenvalue weighted by Gasteiger charge is 2.30. The third kappa shape index (κ3) is 6.25. The first-order chi connectivity index (χ1) is 18.3. The Morgan fingerprint density at radius 2 is 1.61 bits per heavy atom. The molecule has 0 radical (unpaired) electrons. The number of nitrogens with two attached hydrogens (primary N) is 1. The molecular formula is C30H34BrFN4O2. The third-order valence-electron chi connectivity index (χ3n) is 7.18. The molecule has 6 nitrogen and oxygen atoms in total. The summed E-state index contributed by atoms with van der Waals surface area (Å²) < 4.78 is 16.4. The van der Waals surface area contributed by atoms with Crippen LogP contribution in [0.3, 0.4) is 0 Å². The quantitative estimate of drug-likeness (QED) is 0.338. The number of rotatable bonds is 9. The summed E-state index contributed by atoms with van der Waals surface area (Å²) in [5, 5.41) is 0. The van der Waals surface area contributed by atoms with Crippen molar-refractivity contribution in [2.75, 3.05) is 31.1 Å². The molecule has 0 aromatic heterocycles. The first-order valence-corrected chi connectivity index (χ1v) is 13.8. The lowest BCUT2D eigenvalue weighted by Crippen LogP contribution is -2.43. The molecule has 1 fully saturated rings. The highest BCUT2D eigenvalue weighted by atomic mass is 79.9. The second-order valence-electron chi connectivity index (χ2n) is 9.53. The van der Waals surface area contributed by atoms with Crippen LogP contribution in [0.4, 0.5) is 15.8 Å². The molecule has 4 rings (SSSR count). The maximum absolute atomic E-state index is 15.4. The maximum atomic E-state index is 15.4. The number of amides is 2. The van der Waals surface area contributed by atoms with Gasteiger partial charge in [-0.3, -0.25) is 14.5 Å². The van der Waals surface area contributed by atoms with Gasteiger partial charge in [0.15, 0.2) is 0 Å². The van der Waals surface area contributed by atoms with Gasteiger partial charge in [-0.2, -0.15) is 0 Å². The molecule has 0 atom stereocenters. The van der Waals surface area contributed by atoms with Crippen LogP contribution in [0.15, 0.2) is 71.2 Å². The summed E-state index contributed by atoms with van der Waals surface area (Å²) in [6.07, 6.45) is 1.56. The minimum absolute atomic E-state index is 0.0435. The molecule has 38 heavy (non-hydrogen) atoms. The molecule has 2 amide bonds. The standard InChI is InChI=1S/C30H34BrFN4O2/c1-3-35(4-2)30(38)22-10-14-24(15-11-22)36(28-26(29(33)37)6-5-7-27(28)32)25-16-18-34(19-17-25)20-21-8-12-23(31)13-9-21/h5-15,25H,3-4,16-20H2,1-2H3,(H2,33,37). The van der Waals surface area contributed by atoms with Gasteiger partial charge in [-0.05, 0) is 80.8 Å². The Morgan fingerprint density at radius 1 is 0.974 bits per heavy atom. The predicted octanol–water partition coefficient (Wildman–Crippen LogP) is 5.97. The summed E-state index contributed by atoms with van der Waals surface area (Å²) in [7, 11) is 0. The number of para-hydroxylation sites is 1. The Kier molecular flexibility index (Phi) is 9.17. The van der Waals surface area contributed by atoms with E-state index < -0.39 is 11.7 Å². The fourth-order valence-corrected chi connectivity index (χ4v) is 5.39. The number of piperidine rings is 1. The number of halogens is 2. The largest absolute Gasteiger partial charge is 0.366 e. The number of hydrogen-bond donors (Lipinski definition) is 1.